The number of rotatable bonds is 8. The van der Waals surface area contributed by atoms with E-state index in [0.29, 0.717) is 13.1 Å². The number of carbonyl (C=O) groups excluding carboxylic acids is 1. The number of likely N-dealkylation sites (N-methyl/N-ethyl adjacent to an activating group) is 1. The molecule has 2 N–H and O–H groups in total. The number of amides is 1. The number of hydrogen-bond acceptors (Lipinski definition) is 4. The third kappa shape index (κ3) is 6.23. The van der Waals surface area contributed by atoms with Gasteiger partial charge in [0, 0.05) is 25.8 Å². The zero-order valence-corrected chi connectivity index (χ0v) is 14.3. The summed E-state index contributed by atoms with van der Waals surface area (Å²) in [6, 6.07) is 0. The zero-order valence-electron chi connectivity index (χ0n) is 14.3. The molecule has 0 aliphatic carbocycles. The minimum atomic E-state index is -2.78. The highest BCUT2D eigenvalue weighted by atomic mass is 19.3. The fraction of sp³-hybridized carbons (Fsp3) is 0.733. The van der Waals surface area contributed by atoms with Gasteiger partial charge in [0.05, 0.1) is 11.2 Å². The lowest BCUT2D eigenvalue weighted by molar-refractivity contribution is 0.0324. The van der Waals surface area contributed by atoms with E-state index in [1.54, 1.807) is 25.9 Å². The first-order valence-corrected chi connectivity index (χ1v) is 7.52. The summed E-state index contributed by atoms with van der Waals surface area (Å²) in [6.07, 6.45) is -1.57. The highest BCUT2D eigenvalue weighted by Gasteiger charge is 2.26. The highest BCUT2D eigenvalue weighted by molar-refractivity contribution is 5.93. The van der Waals surface area contributed by atoms with Crippen molar-refractivity contribution in [3.05, 3.63) is 17.5 Å². The number of nitrogens with one attached hydrogen (secondary N) is 1. The van der Waals surface area contributed by atoms with E-state index in [4.69, 9.17) is 0 Å². The van der Waals surface area contributed by atoms with Crippen LogP contribution < -0.4 is 5.32 Å². The minimum Gasteiger partial charge on any atom is -0.387 e. The number of hydrogen-bond donors (Lipinski definition) is 2. The molecule has 1 aromatic heterocycles. The van der Waals surface area contributed by atoms with Gasteiger partial charge < -0.3 is 15.3 Å². The average Bonchev–Trinajstić information content (AvgIpc) is 2.77. The zero-order chi connectivity index (χ0) is 17.8. The average molecular weight is 332 g/mol. The molecule has 132 valence electrons. The quantitative estimate of drug-likeness (QED) is 0.757. The first kappa shape index (κ1) is 19.5. The first-order chi connectivity index (χ1) is 10.5. The number of alkyl halides is 2. The Bertz CT molecular complexity index is 528. The van der Waals surface area contributed by atoms with Crippen LogP contribution in [0.4, 0.5) is 8.78 Å². The normalized spacial score (nSPS) is 14.6. The van der Waals surface area contributed by atoms with E-state index in [2.05, 4.69) is 10.4 Å². The third-order valence-electron chi connectivity index (χ3n) is 3.08. The van der Waals surface area contributed by atoms with Crippen molar-refractivity contribution in [1.29, 1.82) is 0 Å². The predicted molar refractivity (Wildman–Crippen MR) is 83.5 cm³/mol. The van der Waals surface area contributed by atoms with Crippen LogP contribution in [-0.4, -0.2) is 58.5 Å². The SMILES string of the molecule is CC(C)Cn1cc(C(F)F)c(C(=O)NCC(C)(O)CN(C)C)n1. The fourth-order valence-electron chi connectivity index (χ4n) is 2.33. The smallest absolute Gasteiger partial charge is 0.272 e. The monoisotopic (exact) mass is 332 g/mol. The molecular formula is C15H26F2N4O2. The van der Waals surface area contributed by atoms with E-state index < -0.39 is 23.5 Å². The molecule has 23 heavy (non-hydrogen) atoms. The van der Waals surface area contributed by atoms with Crippen molar-refractivity contribution in [2.24, 2.45) is 5.92 Å². The summed E-state index contributed by atoms with van der Waals surface area (Å²) in [7, 11) is 3.58. The number of aromatic nitrogens is 2. The van der Waals surface area contributed by atoms with Crippen LogP contribution in [0.25, 0.3) is 0 Å². The summed E-state index contributed by atoms with van der Waals surface area (Å²) in [5.41, 5.74) is -1.85. The van der Waals surface area contributed by atoms with Crippen LogP contribution in [0.3, 0.4) is 0 Å². The van der Waals surface area contributed by atoms with Crippen molar-refractivity contribution in [1.82, 2.24) is 20.0 Å². The van der Waals surface area contributed by atoms with Crippen LogP contribution in [0.2, 0.25) is 0 Å². The lowest BCUT2D eigenvalue weighted by atomic mass is 10.1. The van der Waals surface area contributed by atoms with E-state index in [9.17, 15) is 18.7 Å². The summed E-state index contributed by atoms with van der Waals surface area (Å²) < 4.78 is 27.6. The van der Waals surface area contributed by atoms with E-state index in [-0.39, 0.29) is 18.2 Å². The maximum Gasteiger partial charge on any atom is 0.272 e. The maximum absolute atomic E-state index is 13.1. The topological polar surface area (TPSA) is 70.4 Å². The molecule has 0 aliphatic rings. The Morgan fingerprint density at radius 1 is 1.48 bits per heavy atom. The molecule has 0 spiro atoms. The molecule has 1 heterocycles. The molecule has 6 nitrogen and oxygen atoms in total. The number of halogens is 2. The van der Waals surface area contributed by atoms with Crippen LogP contribution in [-0.2, 0) is 6.54 Å². The van der Waals surface area contributed by atoms with Gasteiger partial charge in [-0.3, -0.25) is 9.48 Å². The maximum atomic E-state index is 13.1. The molecule has 0 saturated heterocycles. The summed E-state index contributed by atoms with van der Waals surface area (Å²) in [5.74, 6) is -0.487. The second kappa shape index (κ2) is 7.83. The molecule has 1 atom stereocenters. The number of aliphatic hydroxyl groups is 1. The lowest BCUT2D eigenvalue weighted by Crippen LogP contribution is -2.47. The molecular weight excluding hydrogens is 306 g/mol. The fourth-order valence-corrected chi connectivity index (χ4v) is 2.33. The molecule has 0 radical (unpaired) electrons. The second-order valence-corrected chi connectivity index (χ2v) is 6.77. The van der Waals surface area contributed by atoms with E-state index in [0.717, 1.165) is 0 Å². The molecule has 1 aromatic rings. The van der Waals surface area contributed by atoms with Crippen LogP contribution in [0.15, 0.2) is 6.20 Å². The van der Waals surface area contributed by atoms with E-state index in [1.807, 2.05) is 13.8 Å². The van der Waals surface area contributed by atoms with Gasteiger partial charge in [0.15, 0.2) is 5.69 Å². The Morgan fingerprint density at radius 3 is 2.57 bits per heavy atom. The Morgan fingerprint density at radius 2 is 2.09 bits per heavy atom. The van der Waals surface area contributed by atoms with Crippen molar-refractivity contribution in [2.75, 3.05) is 27.2 Å². The Hall–Kier alpha value is -1.54. The van der Waals surface area contributed by atoms with E-state index >= 15 is 0 Å². The van der Waals surface area contributed by atoms with Gasteiger partial charge in [-0.2, -0.15) is 5.10 Å². The van der Waals surface area contributed by atoms with Crippen molar-refractivity contribution in [3.8, 4) is 0 Å². The molecule has 8 heteroatoms. The third-order valence-corrected chi connectivity index (χ3v) is 3.08. The van der Waals surface area contributed by atoms with Crippen molar-refractivity contribution in [3.63, 3.8) is 0 Å². The Labute approximate surface area is 135 Å². The highest BCUT2D eigenvalue weighted by Crippen LogP contribution is 2.22. The van der Waals surface area contributed by atoms with Gasteiger partial charge in [-0.15, -0.1) is 0 Å². The summed E-state index contributed by atoms with van der Waals surface area (Å²) in [6.45, 7) is 6.16. The summed E-state index contributed by atoms with van der Waals surface area (Å²) in [4.78, 5) is 13.9. The van der Waals surface area contributed by atoms with Gasteiger partial charge in [0.25, 0.3) is 12.3 Å². The van der Waals surface area contributed by atoms with Gasteiger partial charge in [-0.25, -0.2) is 8.78 Å². The lowest BCUT2D eigenvalue weighted by Gasteiger charge is -2.26. The summed E-state index contributed by atoms with van der Waals surface area (Å²) in [5, 5.41) is 16.6. The molecule has 1 amide bonds. The largest absolute Gasteiger partial charge is 0.387 e. The van der Waals surface area contributed by atoms with Crippen molar-refractivity contribution >= 4 is 5.91 Å². The molecule has 0 fully saturated rings. The molecule has 1 unspecified atom stereocenters. The standard InChI is InChI=1S/C15H26F2N4O2/c1-10(2)6-21-7-11(13(16)17)12(19-21)14(22)18-8-15(3,23)9-20(4)5/h7,10,13,23H,6,8-9H2,1-5H3,(H,18,22). The second-order valence-electron chi connectivity index (χ2n) is 6.77. The minimum absolute atomic E-state index is 0.0519. The van der Waals surface area contributed by atoms with Crippen LogP contribution in [0, 0.1) is 5.92 Å². The predicted octanol–water partition coefficient (Wildman–Crippen LogP) is 1.52. The van der Waals surface area contributed by atoms with Gasteiger partial charge in [0.1, 0.15) is 0 Å². The van der Waals surface area contributed by atoms with Crippen LogP contribution in [0.1, 0.15) is 43.2 Å². The van der Waals surface area contributed by atoms with Crippen molar-refractivity contribution < 1.29 is 18.7 Å². The molecule has 0 bridgehead atoms. The first-order valence-electron chi connectivity index (χ1n) is 7.52. The van der Waals surface area contributed by atoms with Crippen LogP contribution in [0.5, 0.6) is 0 Å². The van der Waals surface area contributed by atoms with Gasteiger partial charge >= 0.3 is 0 Å². The number of carbonyl (C=O) groups is 1. The van der Waals surface area contributed by atoms with Gasteiger partial charge in [-0.05, 0) is 26.9 Å². The van der Waals surface area contributed by atoms with Crippen LogP contribution >= 0.6 is 0 Å². The van der Waals surface area contributed by atoms with Crippen molar-refractivity contribution in [2.45, 2.75) is 39.3 Å². The molecule has 1 rings (SSSR count). The molecule has 0 aliphatic heterocycles. The van der Waals surface area contributed by atoms with E-state index in [1.165, 1.54) is 10.9 Å². The Kier molecular flexibility index (Phi) is 6.64. The van der Waals surface area contributed by atoms with Gasteiger partial charge in [0.2, 0.25) is 0 Å². The van der Waals surface area contributed by atoms with Gasteiger partial charge in [-0.1, -0.05) is 13.8 Å². The molecule has 0 aromatic carbocycles. The number of nitrogens with zero attached hydrogens (tertiary/aromatic N) is 3. The Balaban J connectivity index is 2.84. The summed E-state index contributed by atoms with van der Waals surface area (Å²) >= 11 is 0. The molecule has 0 saturated carbocycles.